The van der Waals surface area contributed by atoms with Crippen LogP contribution in [-0.2, 0) is 11.3 Å². The summed E-state index contributed by atoms with van der Waals surface area (Å²) in [6.45, 7) is -0.0431. The van der Waals surface area contributed by atoms with E-state index in [-0.39, 0.29) is 12.5 Å². The highest BCUT2D eigenvalue weighted by Crippen LogP contribution is 2.13. The van der Waals surface area contributed by atoms with E-state index >= 15 is 0 Å². The number of fused-ring (bicyclic) bond motifs is 1. The van der Waals surface area contributed by atoms with Gasteiger partial charge in [-0.05, 0) is 30.3 Å². The van der Waals surface area contributed by atoms with E-state index < -0.39 is 5.91 Å². The first-order chi connectivity index (χ1) is 12.0. The molecule has 0 aliphatic carbocycles. The van der Waals surface area contributed by atoms with Gasteiger partial charge in [-0.25, -0.2) is 4.68 Å². The average molecular weight is 338 g/mol. The molecule has 0 aliphatic rings. The molecule has 8 nitrogen and oxygen atoms in total. The third-order valence-electron chi connectivity index (χ3n) is 3.65. The lowest BCUT2D eigenvalue weighted by atomic mass is 10.2. The highest BCUT2D eigenvalue weighted by atomic mass is 16.2. The molecule has 1 aromatic heterocycles. The Morgan fingerprint density at radius 1 is 1.08 bits per heavy atom. The normalized spacial score (nSPS) is 10.5. The van der Waals surface area contributed by atoms with Crippen LogP contribution in [0.4, 0.5) is 5.69 Å². The Hall–Kier alpha value is -3.42. The van der Waals surface area contributed by atoms with E-state index in [2.05, 4.69) is 21.2 Å². The van der Waals surface area contributed by atoms with Gasteiger partial charge in [-0.2, -0.15) is 0 Å². The van der Waals surface area contributed by atoms with Gasteiger partial charge in [0, 0.05) is 25.3 Å². The van der Waals surface area contributed by atoms with Crippen LogP contribution in [-0.4, -0.2) is 40.9 Å². The third kappa shape index (κ3) is 3.74. The SMILES string of the molecule is CN(C)c1cccc(C(=O)NNC(=O)Cn2nnc3ccccc32)c1. The summed E-state index contributed by atoms with van der Waals surface area (Å²) >= 11 is 0. The van der Waals surface area contributed by atoms with E-state index in [0.29, 0.717) is 11.1 Å². The fourth-order valence-corrected chi connectivity index (χ4v) is 2.33. The minimum atomic E-state index is -0.396. The number of para-hydroxylation sites is 1. The molecule has 0 bridgehead atoms. The van der Waals surface area contributed by atoms with Crippen molar-refractivity contribution in [3.8, 4) is 0 Å². The first-order valence-corrected chi connectivity index (χ1v) is 7.69. The fourth-order valence-electron chi connectivity index (χ4n) is 2.33. The molecule has 2 amide bonds. The van der Waals surface area contributed by atoms with E-state index in [1.54, 1.807) is 18.2 Å². The zero-order valence-corrected chi connectivity index (χ0v) is 13.9. The van der Waals surface area contributed by atoms with E-state index in [1.807, 2.05) is 49.3 Å². The monoisotopic (exact) mass is 338 g/mol. The lowest BCUT2D eigenvalue weighted by Gasteiger charge is -2.13. The summed E-state index contributed by atoms with van der Waals surface area (Å²) in [4.78, 5) is 26.1. The molecule has 0 aliphatic heterocycles. The number of carbonyl (C=O) groups excluding carboxylic acids is 2. The van der Waals surface area contributed by atoms with Crippen molar-refractivity contribution in [3.05, 3.63) is 54.1 Å². The largest absolute Gasteiger partial charge is 0.378 e. The highest BCUT2D eigenvalue weighted by Gasteiger charge is 2.11. The molecule has 0 radical (unpaired) electrons. The minimum Gasteiger partial charge on any atom is -0.378 e. The standard InChI is InChI=1S/C17H18N6O2/c1-22(2)13-7-5-6-12(10-13)17(25)20-19-16(24)11-23-15-9-4-3-8-14(15)18-21-23/h3-10H,11H2,1-2H3,(H,19,24)(H,20,25). The number of benzene rings is 2. The molecule has 3 aromatic rings. The smallest absolute Gasteiger partial charge is 0.269 e. The van der Waals surface area contributed by atoms with Crippen LogP contribution in [0.3, 0.4) is 0 Å². The summed E-state index contributed by atoms with van der Waals surface area (Å²) in [5.41, 5.74) is 7.61. The van der Waals surface area contributed by atoms with Crippen molar-refractivity contribution in [2.24, 2.45) is 0 Å². The van der Waals surface area contributed by atoms with E-state index in [1.165, 1.54) is 4.68 Å². The summed E-state index contributed by atoms with van der Waals surface area (Å²) in [7, 11) is 3.78. The third-order valence-corrected chi connectivity index (χ3v) is 3.65. The van der Waals surface area contributed by atoms with Gasteiger partial charge in [0.05, 0.1) is 5.52 Å². The quantitative estimate of drug-likeness (QED) is 0.691. The molecular formula is C17H18N6O2. The number of rotatable bonds is 4. The molecule has 25 heavy (non-hydrogen) atoms. The number of carbonyl (C=O) groups is 2. The maximum absolute atomic E-state index is 12.2. The Balaban J connectivity index is 1.60. The van der Waals surface area contributed by atoms with Crippen LogP contribution in [0.5, 0.6) is 0 Å². The first kappa shape index (κ1) is 16.4. The van der Waals surface area contributed by atoms with Gasteiger partial charge in [-0.15, -0.1) is 5.10 Å². The van der Waals surface area contributed by atoms with E-state index in [9.17, 15) is 9.59 Å². The maximum Gasteiger partial charge on any atom is 0.269 e. The van der Waals surface area contributed by atoms with Gasteiger partial charge in [0.2, 0.25) is 0 Å². The van der Waals surface area contributed by atoms with Crippen molar-refractivity contribution < 1.29 is 9.59 Å². The number of nitrogens with one attached hydrogen (secondary N) is 2. The number of hydrazine groups is 1. The molecule has 0 atom stereocenters. The number of amides is 2. The van der Waals surface area contributed by atoms with Gasteiger partial charge >= 0.3 is 0 Å². The van der Waals surface area contributed by atoms with Crippen molar-refractivity contribution in [2.75, 3.05) is 19.0 Å². The zero-order chi connectivity index (χ0) is 17.8. The summed E-state index contributed by atoms with van der Waals surface area (Å²) in [5, 5.41) is 7.92. The van der Waals surface area contributed by atoms with Gasteiger partial charge < -0.3 is 4.90 Å². The number of nitrogens with zero attached hydrogens (tertiary/aromatic N) is 4. The molecular weight excluding hydrogens is 320 g/mol. The van der Waals surface area contributed by atoms with Gasteiger partial charge in [0.1, 0.15) is 12.1 Å². The van der Waals surface area contributed by atoms with Crippen LogP contribution in [0.15, 0.2) is 48.5 Å². The van der Waals surface area contributed by atoms with Gasteiger partial charge in [0.15, 0.2) is 0 Å². The fraction of sp³-hybridized carbons (Fsp3) is 0.176. The molecule has 0 saturated heterocycles. The Bertz CT molecular complexity index is 918. The second kappa shape index (κ2) is 7.00. The van der Waals surface area contributed by atoms with Crippen LogP contribution in [0.1, 0.15) is 10.4 Å². The molecule has 128 valence electrons. The predicted octanol–water partition coefficient (Wildman–Crippen LogP) is 0.958. The van der Waals surface area contributed by atoms with Crippen molar-refractivity contribution in [3.63, 3.8) is 0 Å². The maximum atomic E-state index is 12.2. The lowest BCUT2D eigenvalue weighted by molar-refractivity contribution is -0.122. The van der Waals surface area contributed by atoms with Crippen molar-refractivity contribution in [1.29, 1.82) is 0 Å². The summed E-state index contributed by atoms with van der Waals surface area (Å²) < 4.78 is 1.48. The highest BCUT2D eigenvalue weighted by molar-refractivity contribution is 5.96. The molecule has 0 spiro atoms. The Labute approximate surface area is 144 Å². The first-order valence-electron chi connectivity index (χ1n) is 7.69. The molecule has 0 unspecified atom stereocenters. The number of hydrogen-bond acceptors (Lipinski definition) is 5. The van der Waals surface area contributed by atoms with E-state index in [0.717, 1.165) is 11.2 Å². The van der Waals surface area contributed by atoms with Crippen LogP contribution in [0.2, 0.25) is 0 Å². The summed E-state index contributed by atoms with van der Waals surface area (Å²) in [6.07, 6.45) is 0. The molecule has 2 N–H and O–H groups in total. The minimum absolute atomic E-state index is 0.0431. The topological polar surface area (TPSA) is 92.2 Å². The van der Waals surface area contributed by atoms with Crippen LogP contribution < -0.4 is 15.8 Å². The number of anilines is 1. The van der Waals surface area contributed by atoms with Crippen LogP contribution in [0.25, 0.3) is 11.0 Å². The Morgan fingerprint density at radius 2 is 1.88 bits per heavy atom. The molecule has 8 heteroatoms. The second-order valence-corrected chi connectivity index (χ2v) is 5.68. The number of aromatic nitrogens is 3. The second-order valence-electron chi connectivity index (χ2n) is 5.68. The molecule has 1 heterocycles. The lowest BCUT2D eigenvalue weighted by Crippen LogP contribution is -2.43. The summed E-state index contributed by atoms with van der Waals surface area (Å²) in [5.74, 6) is -0.784. The molecule has 0 saturated carbocycles. The van der Waals surface area contributed by atoms with Crippen molar-refractivity contribution in [1.82, 2.24) is 25.8 Å². The summed E-state index contributed by atoms with van der Waals surface area (Å²) in [6, 6.07) is 14.4. The molecule has 0 fully saturated rings. The van der Waals surface area contributed by atoms with Crippen LogP contribution in [0, 0.1) is 0 Å². The average Bonchev–Trinajstić information content (AvgIpc) is 3.03. The predicted molar refractivity (Wildman–Crippen MR) is 93.9 cm³/mol. The van der Waals surface area contributed by atoms with Gasteiger partial charge in [-0.3, -0.25) is 20.4 Å². The Kier molecular flexibility index (Phi) is 4.60. The van der Waals surface area contributed by atoms with Crippen LogP contribution >= 0.6 is 0 Å². The van der Waals surface area contributed by atoms with Gasteiger partial charge in [0.25, 0.3) is 11.8 Å². The van der Waals surface area contributed by atoms with E-state index in [4.69, 9.17) is 0 Å². The molecule has 3 rings (SSSR count). The van der Waals surface area contributed by atoms with Gasteiger partial charge in [-0.1, -0.05) is 23.4 Å². The van der Waals surface area contributed by atoms with Crippen molar-refractivity contribution in [2.45, 2.75) is 6.54 Å². The molecule has 2 aromatic carbocycles. The zero-order valence-electron chi connectivity index (χ0n) is 13.9. The van der Waals surface area contributed by atoms with Crippen molar-refractivity contribution >= 4 is 28.5 Å². The number of hydrogen-bond donors (Lipinski definition) is 2. The Morgan fingerprint density at radius 3 is 2.68 bits per heavy atom.